The monoisotopic (exact) mass is 451 g/mol. The molecular weight excluding hydrogens is 425 g/mol. The predicted molar refractivity (Wildman–Crippen MR) is 127 cm³/mol. The molecule has 0 saturated carbocycles. The molecule has 0 fully saturated rings. The molecule has 1 amide bonds. The first-order valence-corrected chi connectivity index (χ1v) is 10.1. The molecule has 0 aliphatic heterocycles. The number of nitrogens with one attached hydrogen (secondary N) is 4. The SMILES string of the molecule is CNN(C)c1c(F)c(CC(=O)NCc2ccc(C(=N)N)cc2)c(-c2cccc(N)c2)[nH]c1=O. The lowest BCUT2D eigenvalue weighted by Gasteiger charge is -2.20. The highest BCUT2D eigenvalue weighted by atomic mass is 19.1. The Bertz CT molecular complexity index is 1240. The molecule has 0 unspecified atom stereocenters. The zero-order chi connectivity index (χ0) is 24.1. The van der Waals surface area contributed by atoms with Crippen molar-refractivity contribution in [1.29, 1.82) is 5.41 Å². The molecule has 1 heterocycles. The molecule has 33 heavy (non-hydrogen) atoms. The Morgan fingerprint density at radius 2 is 1.91 bits per heavy atom. The normalized spacial score (nSPS) is 10.6. The van der Waals surface area contributed by atoms with Gasteiger partial charge in [0.1, 0.15) is 5.84 Å². The van der Waals surface area contributed by atoms with Gasteiger partial charge in [-0.1, -0.05) is 36.4 Å². The third-order valence-corrected chi connectivity index (χ3v) is 5.17. The number of hydrogen-bond donors (Lipinski definition) is 6. The summed E-state index contributed by atoms with van der Waals surface area (Å²) in [6.07, 6.45) is -0.303. The molecule has 0 bridgehead atoms. The lowest BCUT2D eigenvalue weighted by atomic mass is 10.0. The lowest BCUT2D eigenvalue weighted by Crippen LogP contribution is -2.37. The Balaban J connectivity index is 1.91. The summed E-state index contributed by atoms with van der Waals surface area (Å²) in [7, 11) is 3.05. The van der Waals surface area contributed by atoms with Crippen LogP contribution in [0.3, 0.4) is 0 Å². The number of nitrogens with two attached hydrogens (primary N) is 2. The van der Waals surface area contributed by atoms with Crippen LogP contribution in [-0.2, 0) is 17.8 Å². The highest BCUT2D eigenvalue weighted by molar-refractivity contribution is 5.94. The van der Waals surface area contributed by atoms with Crippen molar-refractivity contribution in [3.63, 3.8) is 0 Å². The zero-order valence-corrected chi connectivity index (χ0v) is 18.3. The van der Waals surface area contributed by atoms with Gasteiger partial charge in [-0.25, -0.2) is 9.82 Å². The number of hydrogen-bond acceptors (Lipinski definition) is 6. The van der Waals surface area contributed by atoms with E-state index in [0.29, 0.717) is 16.8 Å². The predicted octanol–water partition coefficient (Wildman–Crippen LogP) is 1.48. The first kappa shape index (κ1) is 23.5. The summed E-state index contributed by atoms with van der Waals surface area (Å²) in [4.78, 5) is 28.0. The summed E-state index contributed by atoms with van der Waals surface area (Å²) >= 11 is 0. The van der Waals surface area contributed by atoms with Gasteiger partial charge in [-0.05, 0) is 17.7 Å². The van der Waals surface area contributed by atoms with Crippen LogP contribution in [0.25, 0.3) is 11.3 Å². The van der Waals surface area contributed by atoms with Crippen LogP contribution >= 0.6 is 0 Å². The van der Waals surface area contributed by atoms with E-state index in [4.69, 9.17) is 16.9 Å². The molecule has 10 heteroatoms. The molecule has 0 atom stereocenters. The summed E-state index contributed by atoms with van der Waals surface area (Å²) in [6.45, 7) is 0.207. The molecule has 1 aromatic heterocycles. The van der Waals surface area contributed by atoms with Crippen LogP contribution in [0.4, 0.5) is 15.8 Å². The highest BCUT2D eigenvalue weighted by Gasteiger charge is 2.23. The van der Waals surface area contributed by atoms with E-state index in [1.54, 1.807) is 55.6 Å². The third kappa shape index (κ3) is 5.36. The summed E-state index contributed by atoms with van der Waals surface area (Å²) in [5.74, 6) is -1.27. The number of pyridine rings is 1. The smallest absolute Gasteiger partial charge is 0.276 e. The topological polar surface area (TPSA) is 153 Å². The minimum atomic E-state index is -0.797. The van der Waals surface area contributed by atoms with E-state index in [0.717, 1.165) is 5.56 Å². The number of carbonyl (C=O) groups excluding carboxylic acids is 1. The van der Waals surface area contributed by atoms with Crippen molar-refractivity contribution in [2.75, 3.05) is 24.8 Å². The molecule has 2 aromatic carbocycles. The number of rotatable bonds is 8. The first-order chi connectivity index (χ1) is 15.7. The number of amides is 1. The Morgan fingerprint density at radius 3 is 2.52 bits per heavy atom. The van der Waals surface area contributed by atoms with Crippen LogP contribution in [0.5, 0.6) is 0 Å². The number of benzene rings is 2. The van der Waals surface area contributed by atoms with E-state index < -0.39 is 17.3 Å². The van der Waals surface area contributed by atoms with Crippen molar-refractivity contribution in [1.82, 2.24) is 15.7 Å². The Morgan fingerprint density at radius 1 is 1.21 bits per heavy atom. The summed E-state index contributed by atoms with van der Waals surface area (Å²) in [5.41, 5.74) is 15.7. The number of anilines is 2. The zero-order valence-electron chi connectivity index (χ0n) is 18.3. The van der Waals surface area contributed by atoms with Gasteiger partial charge in [-0.3, -0.25) is 15.0 Å². The van der Waals surface area contributed by atoms with Gasteiger partial charge in [0.25, 0.3) is 5.56 Å². The van der Waals surface area contributed by atoms with Crippen LogP contribution in [0.1, 0.15) is 16.7 Å². The number of carbonyl (C=O) groups is 1. The van der Waals surface area contributed by atoms with Crippen molar-refractivity contribution < 1.29 is 9.18 Å². The minimum absolute atomic E-state index is 0.0433. The standard InChI is InChI=1S/C23H26FN7O2/c1-28-31(2)21-19(24)17(20(30-23(21)33)15-4-3-5-16(25)10-15)11-18(32)29-12-13-6-8-14(9-7-13)22(26)27/h3-10,28H,11-12,25H2,1-2H3,(H3,26,27)(H,29,32)(H,30,33). The van der Waals surface area contributed by atoms with E-state index >= 15 is 4.39 Å². The van der Waals surface area contributed by atoms with E-state index in [1.807, 2.05) is 0 Å². The molecule has 172 valence electrons. The van der Waals surface area contributed by atoms with E-state index in [1.165, 1.54) is 12.1 Å². The Kier molecular flexibility index (Phi) is 7.09. The number of nitrogen functional groups attached to an aromatic ring is 2. The fourth-order valence-electron chi connectivity index (χ4n) is 3.34. The lowest BCUT2D eigenvalue weighted by molar-refractivity contribution is -0.120. The molecule has 0 aliphatic rings. The maximum atomic E-state index is 15.5. The second kappa shape index (κ2) is 9.96. The maximum absolute atomic E-state index is 15.5. The number of aromatic nitrogens is 1. The molecule has 8 N–H and O–H groups in total. The van der Waals surface area contributed by atoms with Crippen LogP contribution < -0.4 is 32.8 Å². The van der Waals surface area contributed by atoms with Gasteiger partial charge in [0.2, 0.25) is 5.91 Å². The Hall–Kier alpha value is -4.18. The second-order valence-electron chi connectivity index (χ2n) is 7.44. The molecule has 9 nitrogen and oxygen atoms in total. The number of hydrazine groups is 1. The van der Waals surface area contributed by atoms with Gasteiger partial charge in [0.15, 0.2) is 11.5 Å². The number of amidine groups is 1. The van der Waals surface area contributed by atoms with Crippen LogP contribution in [0.15, 0.2) is 53.3 Å². The van der Waals surface area contributed by atoms with Crippen LogP contribution in [-0.4, -0.2) is 30.8 Å². The van der Waals surface area contributed by atoms with E-state index in [-0.39, 0.29) is 35.7 Å². The third-order valence-electron chi connectivity index (χ3n) is 5.17. The van der Waals surface area contributed by atoms with Gasteiger partial charge in [-0.15, -0.1) is 0 Å². The maximum Gasteiger partial charge on any atom is 0.276 e. The largest absolute Gasteiger partial charge is 0.399 e. The molecule has 3 aromatic rings. The van der Waals surface area contributed by atoms with E-state index in [2.05, 4.69) is 15.7 Å². The van der Waals surface area contributed by atoms with Gasteiger partial charge in [0.05, 0.1) is 12.1 Å². The fraction of sp³-hybridized carbons (Fsp3) is 0.174. The quantitative estimate of drug-likeness (QED) is 0.132. The van der Waals surface area contributed by atoms with Crippen molar-refractivity contribution in [2.45, 2.75) is 13.0 Å². The average molecular weight is 452 g/mol. The molecule has 0 radical (unpaired) electrons. The molecule has 0 aliphatic carbocycles. The summed E-state index contributed by atoms with van der Waals surface area (Å²) < 4.78 is 15.5. The minimum Gasteiger partial charge on any atom is -0.399 e. The van der Waals surface area contributed by atoms with Gasteiger partial charge in [0, 0.05) is 43.0 Å². The van der Waals surface area contributed by atoms with Crippen LogP contribution in [0, 0.1) is 11.2 Å². The fourth-order valence-corrected chi connectivity index (χ4v) is 3.34. The van der Waals surface area contributed by atoms with Crippen molar-refractivity contribution >= 4 is 23.1 Å². The number of aromatic amines is 1. The highest BCUT2D eigenvalue weighted by Crippen LogP contribution is 2.28. The van der Waals surface area contributed by atoms with Gasteiger partial charge >= 0.3 is 0 Å². The number of halogens is 1. The van der Waals surface area contributed by atoms with Crippen molar-refractivity contribution in [3.05, 3.63) is 81.4 Å². The van der Waals surface area contributed by atoms with Crippen LogP contribution in [0.2, 0.25) is 0 Å². The molecule has 0 saturated heterocycles. The Labute approximate surface area is 190 Å². The molecule has 3 rings (SSSR count). The summed E-state index contributed by atoms with van der Waals surface area (Å²) in [6, 6.07) is 13.5. The van der Waals surface area contributed by atoms with Crippen molar-refractivity contribution in [2.24, 2.45) is 5.73 Å². The first-order valence-electron chi connectivity index (χ1n) is 10.1. The molecule has 0 spiro atoms. The molecular formula is C23H26FN7O2. The number of H-pyrrole nitrogens is 1. The van der Waals surface area contributed by atoms with Gasteiger partial charge < -0.3 is 26.8 Å². The average Bonchev–Trinajstić information content (AvgIpc) is 2.79. The van der Waals surface area contributed by atoms with Crippen molar-refractivity contribution in [3.8, 4) is 11.3 Å². The second-order valence-corrected chi connectivity index (χ2v) is 7.44. The van der Waals surface area contributed by atoms with Gasteiger partial charge in [-0.2, -0.15) is 0 Å². The van der Waals surface area contributed by atoms with E-state index in [9.17, 15) is 9.59 Å². The number of nitrogens with zero attached hydrogens (tertiary/aromatic N) is 1. The summed E-state index contributed by atoms with van der Waals surface area (Å²) in [5, 5.41) is 11.4.